The van der Waals surface area contributed by atoms with Crippen molar-refractivity contribution in [3.63, 3.8) is 0 Å². The van der Waals surface area contributed by atoms with Crippen LogP contribution in [-0.2, 0) is 16.1 Å². The first kappa shape index (κ1) is 27.0. The summed E-state index contributed by atoms with van der Waals surface area (Å²) in [6.45, 7) is 2.27. The van der Waals surface area contributed by atoms with E-state index in [0.29, 0.717) is 23.4 Å². The Hall–Kier alpha value is -4.56. The summed E-state index contributed by atoms with van der Waals surface area (Å²) in [6, 6.07) is 15.7. The molecule has 0 unspecified atom stereocenters. The second-order valence-electron chi connectivity index (χ2n) is 8.20. The summed E-state index contributed by atoms with van der Waals surface area (Å²) in [7, 11) is 0. The minimum absolute atomic E-state index is 0.156. The molecule has 0 fully saturated rings. The van der Waals surface area contributed by atoms with E-state index < -0.39 is 23.9 Å². The van der Waals surface area contributed by atoms with Crippen LogP contribution in [0.25, 0.3) is 0 Å². The van der Waals surface area contributed by atoms with Crippen LogP contribution in [0, 0.1) is 11.8 Å². The third-order valence-electron chi connectivity index (χ3n) is 5.21. The topological polar surface area (TPSA) is 158 Å². The second kappa shape index (κ2) is 13.5. The molecule has 0 aliphatic rings. The Kier molecular flexibility index (Phi) is 9.87. The van der Waals surface area contributed by atoms with Crippen molar-refractivity contribution in [3.05, 3.63) is 95.3 Å². The molecule has 1 aromatic heterocycles. The van der Waals surface area contributed by atoms with Gasteiger partial charge >= 0.3 is 0 Å². The van der Waals surface area contributed by atoms with Gasteiger partial charge in [0, 0.05) is 47.4 Å². The molecule has 10 nitrogen and oxygen atoms in total. The van der Waals surface area contributed by atoms with Crippen LogP contribution in [0.4, 0.5) is 5.69 Å². The molecule has 190 valence electrons. The van der Waals surface area contributed by atoms with Crippen LogP contribution in [-0.4, -0.2) is 46.5 Å². The summed E-state index contributed by atoms with van der Waals surface area (Å²) < 4.78 is 0. The molecule has 3 rings (SSSR count). The Morgan fingerprint density at radius 1 is 1.00 bits per heavy atom. The van der Waals surface area contributed by atoms with Gasteiger partial charge in [-0.15, -0.1) is 0 Å². The highest BCUT2D eigenvalue weighted by atomic mass is 16.5. The fraction of sp³-hybridized carbons (Fsp3) is 0.185. The highest BCUT2D eigenvalue weighted by Crippen LogP contribution is 2.10. The van der Waals surface area contributed by atoms with Crippen LogP contribution < -0.4 is 27.2 Å². The standard InChI is InChI=1S/C27H28N6O4/c1-18(28)25(27(36)33-37)32-26(35)22-10-6-19(7-11-22)4-5-20-8-12-23(13-9-20)31-24(34)17-30-16-21-3-2-14-29-15-21/h2-3,6-15,18,25,30,37H,16-17,28H2,1H3,(H,31,34)(H,32,35)(H,33,36)/t18-,25+/m1/s1. The monoisotopic (exact) mass is 500 g/mol. The van der Waals surface area contributed by atoms with E-state index in [1.807, 2.05) is 12.1 Å². The number of nitrogens with two attached hydrogens (primary N) is 1. The van der Waals surface area contributed by atoms with Gasteiger partial charge in [-0.1, -0.05) is 17.9 Å². The molecule has 0 spiro atoms. The van der Waals surface area contributed by atoms with E-state index in [9.17, 15) is 14.4 Å². The number of rotatable bonds is 9. The minimum Gasteiger partial charge on any atom is -0.339 e. The van der Waals surface area contributed by atoms with Crippen molar-refractivity contribution in [1.82, 2.24) is 21.1 Å². The lowest BCUT2D eigenvalue weighted by Crippen LogP contribution is -2.54. The number of pyridine rings is 1. The number of hydroxylamine groups is 1. The number of hydrogen-bond donors (Lipinski definition) is 6. The van der Waals surface area contributed by atoms with Crippen molar-refractivity contribution in [2.24, 2.45) is 5.73 Å². The van der Waals surface area contributed by atoms with Gasteiger partial charge in [0.2, 0.25) is 5.91 Å². The SMILES string of the molecule is C[C@@H](N)[C@H](NC(=O)c1ccc(C#Cc2ccc(NC(=O)CNCc3cccnc3)cc2)cc1)C(=O)NO. The summed E-state index contributed by atoms with van der Waals surface area (Å²) in [5, 5.41) is 17.2. The van der Waals surface area contributed by atoms with Crippen LogP contribution in [0.5, 0.6) is 0 Å². The van der Waals surface area contributed by atoms with Crippen LogP contribution >= 0.6 is 0 Å². The van der Waals surface area contributed by atoms with Gasteiger partial charge in [-0.05, 0) is 67.1 Å². The number of carbonyl (C=O) groups is 3. The highest BCUT2D eigenvalue weighted by molar-refractivity contribution is 5.97. The van der Waals surface area contributed by atoms with Gasteiger partial charge in [0.25, 0.3) is 11.8 Å². The first-order chi connectivity index (χ1) is 17.9. The molecule has 0 aliphatic heterocycles. The number of benzene rings is 2. The van der Waals surface area contributed by atoms with Crippen LogP contribution in [0.1, 0.15) is 34.0 Å². The summed E-state index contributed by atoms with van der Waals surface area (Å²) in [5.41, 5.74) is 10.6. The van der Waals surface area contributed by atoms with Gasteiger partial charge in [-0.3, -0.25) is 24.6 Å². The van der Waals surface area contributed by atoms with Crippen molar-refractivity contribution in [2.75, 3.05) is 11.9 Å². The average molecular weight is 501 g/mol. The zero-order valence-electron chi connectivity index (χ0n) is 20.2. The van der Waals surface area contributed by atoms with E-state index in [1.54, 1.807) is 67.8 Å². The summed E-state index contributed by atoms with van der Waals surface area (Å²) >= 11 is 0. The van der Waals surface area contributed by atoms with E-state index in [0.717, 1.165) is 11.1 Å². The quantitative estimate of drug-likeness (QED) is 0.146. The van der Waals surface area contributed by atoms with Crippen LogP contribution in [0.2, 0.25) is 0 Å². The molecule has 2 aromatic carbocycles. The van der Waals surface area contributed by atoms with Gasteiger partial charge in [-0.25, -0.2) is 5.48 Å². The molecule has 0 radical (unpaired) electrons. The average Bonchev–Trinajstić information content (AvgIpc) is 2.91. The number of amides is 3. The lowest BCUT2D eigenvalue weighted by molar-refractivity contribution is -0.131. The van der Waals surface area contributed by atoms with E-state index in [1.165, 1.54) is 5.48 Å². The number of aromatic nitrogens is 1. The fourth-order valence-electron chi connectivity index (χ4n) is 3.24. The zero-order valence-corrected chi connectivity index (χ0v) is 20.2. The molecule has 0 bridgehead atoms. The van der Waals surface area contributed by atoms with Gasteiger partial charge in [0.15, 0.2) is 0 Å². The van der Waals surface area contributed by atoms with Gasteiger partial charge in [0.05, 0.1) is 6.54 Å². The predicted octanol–water partition coefficient (Wildman–Crippen LogP) is 1.16. The summed E-state index contributed by atoms with van der Waals surface area (Å²) in [5.74, 6) is 4.59. The molecule has 10 heteroatoms. The van der Waals surface area contributed by atoms with Crippen molar-refractivity contribution < 1.29 is 19.6 Å². The molecule has 3 amide bonds. The molecule has 1 heterocycles. The molecular weight excluding hydrogens is 472 g/mol. The molecule has 0 aliphatic carbocycles. The minimum atomic E-state index is -1.08. The van der Waals surface area contributed by atoms with Crippen LogP contribution in [0.3, 0.4) is 0 Å². The maximum atomic E-state index is 12.4. The molecule has 0 saturated carbocycles. The molecule has 37 heavy (non-hydrogen) atoms. The largest absolute Gasteiger partial charge is 0.339 e. The van der Waals surface area contributed by atoms with Gasteiger partial charge in [-0.2, -0.15) is 0 Å². The maximum Gasteiger partial charge on any atom is 0.267 e. The molecule has 3 aromatic rings. The first-order valence-corrected chi connectivity index (χ1v) is 11.5. The zero-order chi connectivity index (χ0) is 26.6. The van der Waals surface area contributed by atoms with Crippen molar-refractivity contribution in [2.45, 2.75) is 25.6 Å². The fourth-order valence-corrected chi connectivity index (χ4v) is 3.24. The number of hydrogen-bond acceptors (Lipinski definition) is 7. The first-order valence-electron chi connectivity index (χ1n) is 11.5. The number of nitrogens with zero attached hydrogens (tertiary/aromatic N) is 1. The van der Waals surface area contributed by atoms with Crippen molar-refractivity contribution in [1.29, 1.82) is 0 Å². The van der Waals surface area contributed by atoms with Gasteiger partial charge < -0.3 is 21.7 Å². The Bertz CT molecular complexity index is 1270. The Labute approximate surface area is 214 Å². The number of nitrogens with one attached hydrogen (secondary N) is 4. The van der Waals surface area contributed by atoms with Crippen LogP contribution in [0.15, 0.2) is 73.1 Å². The van der Waals surface area contributed by atoms with Crippen molar-refractivity contribution in [3.8, 4) is 11.8 Å². The molecular formula is C27H28N6O4. The normalized spacial score (nSPS) is 11.9. The van der Waals surface area contributed by atoms with Gasteiger partial charge in [0.1, 0.15) is 6.04 Å². The molecule has 0 saturated heterocycles. The Morgan fingerprint density at radius 2 is 1.65 bits per heavy atom. The van der Waals surface area contributed by atoms with E-state index in [4.69, 9.17) is 10.9 Å². The predicted molar refractivity (Wildman–Crippen MR) is 138 cm³/mol. The smallest absolute Gasteiger partial charge is 0.267 e. The van der Waals surface area contributed by atoms with E-state index >= 15 is 0 Å². The van der Waals surface area contributed by atoms with Crippen molar-refractivity contribution >= 4 is 23.4 Å². The summed E-state index contributed by atoms with van der Waals surface area (Å²) in [6.07, 6.45) is 3.45. The number of anilines is 1. The Morgan fingerprint density at radius 3 is 2.22 bits per heavy atom. The summed E-state index contributed by atoms with van der Waals surface area (Å²) in [4.78, 5) is 40.2. The maximum absolute atomic E-state index is 12.4. The highest BCUT2D eigenvalue weighted by Gasteiger charge is 2.24. The third-order valence-corrected chi connectivity index (χ3v) is 5.21. The van der Waals surface area contributed by atoms with E-state index in [-0.39, 0.29) is 12.5 Å². The Balaban J connectivity index is 1.51. The lowest BCUT2D eigenvalue weighted by Gasteiger charge is -2.20. The molecule has 7 N–H and O–H groups in total. The third kappa shape index (κ3) is 8.55. The van der Waals surface area contributed by atoms with E-state index in [2.05, 4.69) is 32.8 Å². The number of carbonyl (C=O) groups excluding carboxylic acids is 3. The second-order valence-corrected chi connectivity index (χ2v) is 8.20. The lowest BCUT2D eigenvalue weighted by atomic mass is 10.1. The molecule has 2 atom stereocenters.